The Bertz CT molecular complexity index is 809. The zero-order chi connectivity index (χ0) is 15.5. The van der Waals surface area contributed by atoms with Crippen LogP contribution in [0.1, 0.15) is 22.3 Å². The number of benzene rings is 2. The van der Waals surface area contributed by atoms with E-state index >= 15 is 0 Å². The molecule has 0 saturated carbocycles. The number of fused-ring (bicyclic) bond motifs is 1. The molecule has 22 heavy (non-hydrogen) atoms. The highest BCUT2D eigenvalue weighted by molar-refractivity contribution is 7.99. The van der Waals surface area contributed by atoms with Crippen molar-refractivity contribution in [2.45, 2.75) is 25.2 Å². The lowest BCUT2D eigenvalue weighted by Gasteiger charge is -2.05. The number of thioether (sulfide) groups is 1. The normalized spacial score (nSPS) is 11.0. The van der Waals surface area contributed by atoms with Crippen molar-refractivity contribution in [3.8, 4) is 0 Å². The first-order chi connectivity index (χ1) is 10.6. The summed E-state index contributed by atoms with van der Waals surface area (Å²) in [6.45, 7) is 4.12. The Morgan fingerprint density at radius 1 is 1.14 bits per heavy atom. The standard InChI is InChI=1S/C18H18N2OS/c1-13-10-16-17(11-14(13)2)20(12-19-16)18(21)8-9-22-15-6-4-3-5-7-15/h3-7,10-12H,8-9H2,1-2H3. The summed E-state index contributed by atoms with van der Waals surface area (Å²) >= 11 is 1.70. The van der Waals surface area contributed by atoms with Crippen molar-refractivity contribution in [3.05, 3.63) is 59.9 Å². The molecule has 0 N–H and O–H groups in total. The van der Waals surface area contributed by atoms with Crippen molar-refractivity contribution >= 4 is 28.7 Å². The molecule has 0 unspecified atom stereocenters. The summed E-state index contributed by atoms with van der Waals surface area (Å²) < 4.78 is 1.67. The molecule has 1 heterocycles. The van der Waals surface area contributed by atoms with Crippen LogP contribution >= 0.6 is 11.8 Å². The molecular weight excluding hydrogens is 292 g/mol. The minimum atomic E-state index is 0.0918. The summed E-state index contributed by atoms with van der Waals surface area (Å²) in [5.74, 6) is 0.863. The molecular formula is C18H18N2OS. The summed E-state index contributed by atoms with van der Waals surface area (Å²) in [5.41, 5.74) is 4.16. The molecule has 1 aromatic heterocycles. The van der Waals surface area contributed by atoms with Gasteiger partial charge in [-0.2, -0.15) is 0 Å². The lowest BCUT2D eigenvalue weighted by molar-refractivity contribution is 0.0915. The monoisotopic (exact) mass is 310 g/mol. The van der Waals surface area contributed by atoms with Crippen LogP contribution in [-0.4, -0.2) is 21.2 Å². The summed E-state index contributed by atoms with van der Waals surface area (Å²) in [6, 6.07) is 14.2. The van der Waals surface area contributed by atoms with E-state index in [-0.39, 0.29) is 5.91 Å². The topological polar surface area (TPSA) is 34.9 Å². The molecule has 0 fully saturated rings. The highest BCUT2D eigenvalue weighted by atomic mass is 32.2. The van der Waals surface area contributed by atoms with Gasteiger partial charge >= 0.3 is 0 Å². The second-order valence-corrected chi connectivity index (χ2v) is 6.51. The Labute approximate surface area is 134 Å². The Morgan fingerprint density at radius 3 is 2.64 bits per heavy atom. The molecule has 0 aliphatic carbocycles. The van der Waals surface area contributed by atoms with Gasteiger partial charge in [0.15, 0.2) is 0 Å². The predicted octanol–water partition coefficient (Wildman–Crippen LogP) is 4.48. The van der Waals surface area contributed by atoms with E-state index < -0.39 is 0 Å². The predicted molar refractivity (Wildman–Crippen MR) is 91.6 cm³/mol. The molecule has 0 spiro atoms. The van der Waals surface area contributed by atoms with Gasteiger partial charge in [-0.15, -0.1) is 11.8 Å². The van der Waals surface area contributed by atoms with Crippen molar-refractivity contribution in [1.29, 1.82) is 0 Å². The van der Waals surface area contributed by atoms with E-state index in [1.165, 1.54) is 16.0 Å². The van der Waals surface area contributed by atoms with Gasteiger partial charge < -0.3 is 0 Å². The van der Waals surface area contributed by atoms with E-state index in [0.717, 1.165) is 16.8 Å². The van der Waals surface area contributed by atoms with E-state index in [1.54, 1.807) is 22.7 Å². The maximum absolute atomic E-state index is 12.4. The number of hydrogen-bond acceptors (Lipinski definition) is 3. The molecule has 0 saturated heterocycles. The van der Waals surface area contributed by atoms with E-state index in [1.807, 2.05) is 30.3 Å². The van der Waals surface area contributed by atoms with E-state index in [2.05, 4.69) is 31.0 Å². The SMILES string of the molecule is Cc1cc2ncn(C(=O)CCSc3ccccc3)c2cc1C. The number of hydrogen-bond donors (Lipinski definition) is 0. The first-order valence-electron chi connectivity index (χ1n) is 7.30. The molecule has 0 aliphatic rings. The Kier molecular flexibility index (Phi) is 4.29. The van der Waals surface area contributed by atoms with E-state index in [9.17, 15) is 4.79 Å². The summed E-state index contributed by atoms with van der Waals surface area (Å²) in [4.78, 5) is 18.0. The number of imidazole rings is 1. The Hall–Kier alpha value is -2.07. The zero-order valence-corrected chi connectivity index (χ0v) is 13.6. The van der Waals surface area contributed by atoms with Crippen molar-refractivity contribution < 1.29 is 4.79 Å². The molecule has 3 nitrogen and oxygen atoms in total. The van der Waals surface area contributed by atoms with Crippen LogP contribution in [0.2, 0.25) is 0 Å². The number of aryl methyl sites for hydroxylation is 2. The number of aromatic nitrogens is 2. The third-order valence-electron chi connectivity index (χ3n) is 3.76. The van der Waals surface area contributed by atoms with Gasteiger partial charge in [-0.1, -0.05) is 18.2 Å². The van der Waals surface area contributed by atoms with Crippen LogP contribution in [0.25, 0.3) is 11.0 Å². The fraction of sp³-hybridized carbons (Fsp3) is 0.222. The second-order valence-electron chi connectivity index (χ2n) is 5.35. The number of nitrogens with zero attached hydrogens (tertiary/aromatic N) is 2. The van der Waals surface area contributed by atoms with Crippen LogP contribution in [0.3, 0.4) is 0 Å². The molecule has 0 atom stereocenters. The summed E-state index contributed by atoms with van der Waals surface area (Å²) in [6.07, 6.45) is 2.14. The van der Waals surface area contributed by atoms with Crippen LogP contribution < -0.4 is 0 Å². The summed E-state index contributed by atoms with van der Waals surface area (Å²) in [7, 11) is 0. The molecule has 4 heteroatoms. The van der Waals surface area contributed by atoms with Gasteiger partial charge in [0.2, 0.25) is 5.91 Å². The first-order valence-corrected chi connectivity index (χ1v) is 8.29. The van der Waals surface area contributed by atoms with Crippen molar-refractivity contribution in [2.75, 3.05) is 5.75 Å². The van der Waals surface area contributed by atoms with Gasteiger partial charge in [-0.25, -0.2) is 4.98 Å². The van der Waals surface area contributed by atoms with Crippen LogP contribution in [-0.2, 0) is 0 Å². The minimum Gasteiger partial charge on any atom is -0.274 e. The molecule has 0 radical (unpaired) electrons. The zero-order valence-electron chi connectivity index (χ0n) is 12.7. The molecule has 0 amide bonds. The van der Waals surface area contributed by atoms with Gasteiger partial charge in [-0.05, 0) is 49.2 Å². The highest BCUT2D eigenvalue weighted by Gasteiger charge is 2.11. The van der Waals surface area contributed by atoms with Crippen molar-refractivity contribution in [1.82, 2.24) is 9.55 Å². The average molecular weight is 310 g/mol. The van der Waals surface area contributed by atoms with Crippen molar-refractivity contribution in [3.63, 3.8) is 0 Å². The van der Waals surface area contributed by atoms with Crippen LogP contribution in [0.5, 0.6) is 0 Å². The molecule has 0 bridgehead atoms. The average Bonchev–Trinajstić information content (AvgIpc) is 2.91. The molecule has 3 rings (SSSR count). The maximum Gasteiger partial charge on any atom is 0.233 e. The van der Waals surface area contributed by atoms with Gasteiger partial charge in [0, 0.05) is 17.1 Å². The number of rotatable bonds is 4. The van der Waals surface area contributed by atoms with Gasteiger partial charge in [-0.3, -0.25) is 9.36 Å². The summed E-state index contributed by atoms with van der Waals surface area (Å²) in [5, 5.41) is 0. The molecule has 112 valence electrons. The molecule has 3 aromatic rings. The van der Waals surface area contributed by atoms with E-state index in [4.69, 9.17) is 0 Å². The fourth-order valence-corrected chi connectivity index (χ4v) is 3.22. The first kappa shape index (κ1) is 14.9. The Balaban J connectivity index is 1.71. The molecule has 0 aliphatic heterocycles. The van der Waals surface area contributed by atoms with Gasteiger partial charge in [0.05, 0.1) is 11.0 Å². The van der Waals surface area contributed by atoms with Gasteiger partial charge in [0.25, 0.3) is 0 Å². The third kappa shape index (κ3) is 3.07. The second kappa shape index (κ2) is 6.36. The van der Waals surface area contributed by atoms with Gasteiger partial charge in [0.1, 0.15) is 6.33 Å². The van der Waals surface area contributed by atoms with Crippen LogP contribution in [0.4, 0.5) is 0 Å². The smallest absolute Gasteiger partial charge is 0.233 e. The molecule has 2 aromatic carbocycles. The highest BCUT2D eigenvalue weighted by Crippen LogP contribution is 2.21. The Morgan fingerprint density at radius 2 is 1.86 bits per heavy atom. The van der Waals surface area contributed by atoms with Crippen LogP contribution in [0.15, 0.2) is 53.7 Å². The third-order valence-corrected chi connectivity index (χ3v) is 4.77. The maximum atomic E-state index is 12.4. The number of carbonyl (C=O) groups is 1. The lowest BCUT2D eigenvalue weighted by atomic mass is 10.1. The van der Waals surface area contributed by atoms with E-state index in [0.29, 0.717) is 6.42 Å². The minimum absolute atomic E-state index is 0.0918. The lowest BCUT2D eigenvalue weighted by Crippen LogP contribution is -2.10. The van der Waals surface area contributed by atoms with Crippen molar-refractivity contribution in [2.24, 2.45) is 0 Å². The number of carbonyl (C=O) groups excluding carboxylic acids is 1. The largest absolute Gasteiger partial charge is 0.274 e. The fourth-order valence-electron chi connectivity index (χ4n) is 2.36. The quantitative estimate of drug-likeness (QED) is 0.667. The van der Waals surface area contributed by atoms with Crippen LogP contribution in [0, 0.1) is 13.8 Å².